The van der Waals surface area contributed by atoms with Crippen molar-refractivity contribution in [1.29, 1.82) is 0 Å². The van der Waals surface area contributed by atoms with Crippen molar-refractivity contribution in [3.8, 4) is 22.3 Å². The molecule has 12 heteroatoms. The highest BCUT2D eigenvalue weighted by molar-refractivity contribution is 5.94. The van der Waals surface area contributed by atoms with Crippen molar-refractivity contribution in [3.05, 3.63) is 119 Å². The average molecular weight is 813 g/mol. The lowest BCUT2D eigenvalue weighted by Crippen LogP contribution is -2.45. The van der Waals surface area contributed by atoms with E-state index in [2.05, 4.69) is 41.7 Å². The number of carbonyl (C=O) groups excluding carboxylic acids is 3. The summed E-state index contributed by atoms with van der Waals surface area (Å²) in [7, 11) is 0. The molecule has 0 bridgehead atoms. The van der Waals surface area contributed by atoms with Gasteiger partial charge in [0, 0.05) is 11.8 Å². The minimum absolute atomic E-state index is 0. The van der Waals surface area contributed by atoms with Gasteiger partial charge < -0.3 is 30.1 Å². The van der Waals surface area contributed by atoms with E-state index in [1.165, 1.54) is 0 Å². The van der Waals surface area contributed by atoms with Crippen LogP contribution in [-0.4, -0.2) is 81.8 Å². The van der Waals surface area contributed by atoms with Gasteiger partial charge in [0.2, 0.25) is 5.91 Å². The number of imide groups is 1. The first-order valence-corrected chi connectivity index (χ1v) is 19.7. The molecule has 3 aliphatic rings. The topological polar surface area (TPSA) is 163 Å². The van der Waals surface area contributed by atoms with Crippen LogP contribution in [0, 0.1) is 11.8 Å². The van der Waals surface area contributed by atoms with Gasteiger partial charge in [-0.3, -0.25) is 9.59 Å². The lowest BCUT2D eigenvalue weighted by Gasteiger charge is -2.26. The fourth-order valence-corrected chi connectivity index (χ4v) is 8.35. The summed E-state index contributed by atoms with van der Waals surface area (Å²) in [6.07, 6.45) is -2.74. The first-order valence-electron chi connectivity index (χ1n) is 19.7. The Morgan fingerprint density at radius 3 is 1.57 bits per heavy atom. The van der Waals surface area contributed by atoms with Gasteiger partial charge in [-0.05, 0) is 69.2 Å². The van der Waals surface area contributed by atoms with Crippen molar-refractivity contribution < 1.29 is 44.0 Å². The Morgan fingerprint density at radius 1 is 0.724 bits per heavy atom. The van der Waals surface area contributed by atoms with Crippen LogP contribution in [0.3, 0.4) is 0 Å². The van der Waals surface area contributed by atoms with E-state index in [4.69, 9.17) is 14.6 Å². The van der Waals surface area contributed by atoms with Crippen LogP contribution >= 0.6 is 12.4 Å². The van der Waals surface area contributed by atoms with Crippen LogP contribution < -0.4 is 5.32 Å². The summed E-state index contributed by atoms with van der Waals surface area (Å²) in [5.41, 5.74) is 9.09. The number of alkyl carbamates (subject to hydrolysis) is 1. The van der Waals surface area contributed by atoms with E-state index < -0.39 is 48.9 Å². The molecule has 1 heterocycles. The van der Waals surface area contributed by atoms with E-state index in [0.717, 1.165) is 49.4 Å². The second-order valence-corrected chi connectivity index (χ2v) is 15.9. The number of fused-ring (bicyclic) bond motifs is 6. The number of aliphatic hydroxyl groups is 2. The second-order valence-electron chi connectivity index (χ2n) is 15.9. The lowest BCUT2D eigenvalue weighted by molar-refractivity contribution is -0.139. The quantitative estimate of drug-likeness (QED) is 0.111. The van der Waals surface area contributed by atoms with E-state index in [9.17, 15) is 29.4 Å². The number of carboxylic acids is 1. The summed E-state index contributed by atoms with van der Waals surface area (Å²) < 4.78 is 11.1. The third-order valence-corrected chi connectivity index (χ3v) is 10.9. The summed E-state index contributed by atoms with van der Waals surface area (Å²) in [5, 5.41) is 31.9. The van der Waals surface area contributed by atoms with Gasteiger partial charge in [0.1, 0.15) is 13.2 Å². The SMILES string of the molecule is CC(C)C[C@H](NC(=O)OCC1c2ccccc2-c2ccccc21)[C@@H](O)CC(=O)O.CC(C)C[C@H]1[C@@H](O)CC(=O)N1C(=O)OCC1c2ccccc2-c2ccccc21.Cl. The van der Waals surface area contributed by atoms with E-state index in [-0.39, 0.29) is 61.6 Å². The zero-order chi connectivity index (χ0) is 40.8. The molecule has 4 aromatic carbocycles. The number of carboxylic acid groups (broad SMARTS) is 1. The van der Waals surface area contributed by atoms with Crippen LogP contribution in [-0.2, 0) is 19.1 Å². The number of ether oxygens (including phenoxy) is 2. The van der Waals surface area contributed by atoms with Crippen molar-refractivity contribution in [2.24, 2.45) is 11.8 Å². The molecule has 3 amide bonds. The Labute approximate surface area is 345 Å². The number of carbonyl (C=O) groups is 4. The number of nitrogens with one attached hydrogen (secondary N) is 1. The van der Waals surface area contributed by atoms with Gasteiger partial charge in [-0.15, -0.1) is 12.4 Å². The molecular formula is C46H53ClN2O9. The zero-order valence-corrected chi connectivity index (χ0v) is 34.1. The molecule has 308 valence electrons. The van der Waals surface area contributed by atoms with Gasteiger partial charge in [0.05, 0.1) is 37.1 Å². The minimum atomic E-state index is -1.17. The third-order valence-electron chi connectivity index (χ3n) is 10.9. The van der Waals surface area contributed by atoms with Crippen molar-refractivity contribution >= 4 is 36.5 Å². The van der Waals surface area contributed by atoms with E-state index in [1.807, 2.05) is 88.4 Å². The van der Waals surface area contributed by atoms with Crippen LogP contribution in [0.25, 0.3) is 22.3 Å². The minimum Gasteiger partial charge on any atom is -0.481 e. The van der Waals surface area contributed by atoms with Crippen molar-refractivity contribution in [3.63, 3.8) is 0 Å². The molecular weight excluding hydrogens is 760 g/mol. The van der Waals surface area contributed by atoms with Crippen LogP contribution in [0.15, 0.2) is 97.1 Å². The van der Waals surface area contributed by atoms with E-state index in [1.54, 1.807) is 0 Å². The fourth-order valence-electron chi connectivity index (χ4n) is 8.35. The van der Waals surface area contributed by atoms with Crippen LogP contribution in [0.4, 0.5) is 9.59 Å². The molecule has 0 unspecified atom stereocenters. The van der Waals surface area contributed by atoms with E-state index >= 15 is 0 Å². The van der Waals surface area contributed by atoms with Gasteiger partial charge in [0.25, 0.3) is 0 Å². The fraction of sp³-hybridized carbons (Fsp3) is 0.391. The molecule has 4 atom stereocenters. The summed E-state index contributed by atoms with van der Waals surface area (Å²) in [6, 6.07) is 31.2. The molecule has 4 N–H and O–H groups in total. The number of likely N-dealkylation sites (tertiary alicyclic amines) is 1. The molecule has 11 nitrogen and oxygen atoms in total. The maximum Gasteiger partial charge on any atom is 0.416 e. The number of hydrogen-bond donors (Lipinski definition) is 4. The molecule has 58 heavy (non-hydrogen) atoms. The molecule has 1 saturated heterocycles. The molecule has 0 aromatic heterocycles. The average Bonchev–Trinajstić information content (AvgIpc) is 3.78. The van der Waals surface area contributed by atoms with Gasteiger partial charge in [-0.2, -0.15) is 0 Å². The number of nitrogens with zero attached hydrogens (tertiary/aromatic N) is 1. The number of amides is 3. The predicted molar refractivity (Wildman–Crippen MR) is 223 cm³/mol. The number of benzene rings is 4. The van der Waals surface area contributed by atoms with Crippen LogP contribution in [0.5, 0.6) is 0 Å². The molecule has 0 saturated carbocycles. The van der Waals surface area contributed by atoms with Crippen LogP contribution in [0.2, 0.25) is 0 Å². The van der Waals surface area contributed by atoms with Gasteiger partial charge in [0.15, 0.2) is 0 Å². The Balaban J connectivity index is 0.000000217. The largest absolute Gasteiger partial charge is 0.481 e. The molecule has 0 spiro atoms. The maximum atomic E-state index is 12.7. The number of hydrogen-bond acceptors (Lipinski definition) is 8. The summed E-state index contributed by atoms with van der Waals surface area (Å²) in [4.78, 5) is 49.5. The Bertz CT molecular complexity index is 2000. The number of halogens is 1. The summed E-state index contributed by atoms with van der Waals surface area (Å²) in [6.45, 7) is 8.24. The van der Waals surface area contributed by atoms with E-state index in [0.29, 0.717) is 12.8 Å². The van der Waals surface area contributed by atoms with Crippen molar-refractivity contribution in [2.75, 3.05) is 13.2 Å². The smallest absolute Gasteiger partial charge is 0.416 e. The second kappa shape index (κ2) is 19.5. The third kappa shape index (κ3) is 9.89. The first kappa shape index (κ1) is 43.9. The molecule has 7 rings (SSSR count). The molecule has 1 aliphatic heterocycles. The summed E-state index contributed by atoms with van der Waals surface area (Å²) >= 11 is 0. The first-order chi connectivity index (χ1) is 27.3. The van der Waals surface area contributed by atoms with Crippen molar-refractivity contribution in [1.82, 2.24) is 10.2 Å². The number of aliphatic hydroxyl groups excluding tert-OH is 2. The number of rotatable bonds is 12. The number of aliphatic carboxylic acids is 1. The maximum absolute atomic E-state index is 12.7. The van der Waals surface area contributed by atoms with Gasteiger partial charge in [-0.1, -0.05) is 125 Å². The zero-order valence-electron chi connectivity index (χ0n) is 33.2. The molecule has 2 aliphatic carbocycles. The van der Waals surface area contributed by atoms with Crippen LogP contribution in [0.1, 0.15) is 87.5 Å². The summed E-state index contributed by atoms with van der Waals surface area (Å²) in [5.74, 6) is -1.15. The monoisotopic (exact) mass is 812 g/mol. The van der Waals surface area contributed by atoms with Gasteiger partial charge in [-0.25, -0.2) is 14.5 Å². The highest BCUT2D eigenvalue weighted by atomic mass is 35.5. The molecule has 0 radical (unpaired) electrons. The molecule has 1 fully saturated rings. The Morgan fingerprint density at radius 2 is 1.16 bits per heavy atom. The highest BCUT2D eigenvalue weighted by Gasteiger charge is 2.44. The van der Waals surface area contributed by atoms with Crippen molar-refractivity contribution in [2.45, 2.75) is 89.5 Å². The van der Waals surface area contributed by atoms with Gasteiger partial charge >= 0.3 is 18.2 Å². The Hall–Kier alpha value is -5.23. The predicted octanol–water partition coefficient (Wildman–Crippen LogP) is 8.14. The lowest BCUT2D eigenvalue weighted by atomic mass is 9.97. The highest BCUT2D eigenvalue weighted by Crippen LogP contribution is 2.46. The Kier molecular flexibility index (Phi) is 14.7. The standard InChI is InChI=1S/C23H27NO5.C23H25NO4.ClH/c1-14(2)11-20(21(25)12-22(26)27)24-23(28)29-13-19-17-9-5-3-7-15(17)16-8-4-6-10-18(16)19;1-14(2)11-20-21(25)12-22(26)24(20)23(27)28-13-19-17-9-5-3-7-15(17)16-8-4-6-10-18(16)19;/h3-10,14,19-21,25H,11-13H2,1-2H3,(H,24,28)(H,26,27);3-10,14,19-21,25H,11-13H2,1-2H3;1H/t2*20-,21-;/m00./s1. The normalized spacial score (nSPS) is 17.6. The molecule has 4 aromatic rings.